The first-order chi connectivity index (χ1) is 8.88. The first-order valence-electron chi connectivity index (χ1n) is 5.36. The van der Waals surface area contributed by atoms with Crippen molar-refractivity contribution in [3.05, 3.63) is 53.1 Å². The van der Waals surface area contributed by atoms with Gasteiger partial charge in [0.25, 0.3) is 0 Å². The molecule has 3 N–H and O–H groups in total. The standard InChI is InChI=1S/C13H10ClF3N2/c14-9-7-8(13(15,16)17)5-6-11(9)19-12-4-2-1-3-10(12)18/h1-7,19H,18H2. The zero-order valence-electron chi connectivity index (χ0n) is 9.63. The predicted molar refractivity (Wildman–Crippen MR) is 70.6 cm³/mol. The van der Waals surface area contributed by atoms with Gasteiger partial charge in [0.15, 0.2) is 0 Å². The number of halogens is 4. The van der Waals surface area contributed by atoms with Gasteiger partial charge in [-0.2, -0.15) is 13.2 Å². The summed E-state index contributed by atoms with van der Waals surface area (Å²) in [5, 5.41) is 2.88. The summed E-state index contributed by atoms with van der Waals surface area (Å²) in [7, 11) is 0. The number of nitrogens with one attached hydrogen (secondary N) is 1. The Kier molecular flexibility index (Phi) is 3.57. The average Bonchev–Trinajstić information content (AvgIpc) is 2.33. The maximum Gasteiger partial charge on any atom is 0.416 e. The van der Waals surface area contributed by atoms with Gasteiger partial charge in [0.05, 0.1) is 27.6 Å². The Balaban J connectivity index is 2.30. The molecule has 2 rings (SSSR count). The summed E-state index contributed by atoms with van der Waals surface area (Å²) in [6, 6.07) is 10.0. The molecule has 0 bridgehead atoms. The Hall–Kier alpha value is -1.88. The molecule has 100 valence electrons. The van der Waals surface area contributed by atoms with E-state index < -0.39 is 11.7 Å². The molecule has 0 aliphatic heterocycles. The molecule has 0 unspecified atom stereocenters. The maximum atomic E-state index is 12.5. The molecule has 0 fully saturated rings. The summed E-state index contributed by atoms with van der Waals surface area (Å²) in [6.45, 7) is 0. The molecular formula is C13H10ClF3N2. The molecule has 0 saturated heterocycles. The second-order valence-corrected chi connectivity index (χ2v) is 4.31. The average molecular weight is 287 g/mol. The zero-order valence-corrected chi connectivity index (χ0v) is 10.4. The third-order valence-corrected chi connectivity index (χ3v) is 2.84. The van der Waals surface area contributed by atoms with Crippen LogP contribution in [-0.4, -0.2) is 0 Å². The molecule has 0 spiro atoms. The van der Waals surface area contributed by atoms with Crippen molar-refractivity contribution >= 4 is 28.7 Å². The van der Waals surface area contributed by atoms with Gasteiger partial charge >= 0.3 is 6.18 Å². The van der Waals surface area contributed by atoms with E-state index in [-0.39, 0.29) is 5.02 Å². The SMILES string of the molecule is Nc1ccccc1Nc1ccc(C(F)(F)F)cc1Cl. The van der Waals surface area contributed by atoms with Crippen molar-refractivity contribution in [2.45, 2.75) is 6.18 Å². The number of nitrogen functional groups attached to an aromatic ring is 1. The lowest BCUT2D eigenvalue weighted by atomic mass is 10.2. The number of anilines is 3. The van der Waals surface area contributed by atoms with E-state index in [2.05, 4.69) is 5.32 Å². The van der Waals surface area contributed by atoms with E-state index >= 15 is 0 Å². The van der Waals surface area contributed by atoms with Gasteiger partial charge in [-0.1, -0.05) is 23.7 Å². The number of alkyl halides is 3. The molecule has 2 nitrogen and oxygen atoms in total. The molecule has 2 aromatic carbocycles. The van der Waals surface area contributed by atoms with Crippen molar-refractivity contribution in [2.75, 3.05) is 11.1 Å². The van der Waals surface area contributed by atoms with Crippen LogP contribution in [0, 0.1) is 0 Å². The van der Waals surface area contributed by atoms with Gasteiger partial charge in [-0.15, -0.1) is 0 Å². The highest BCUT2D eigenvalue weighted by Gasteiger charge is 2.30. The number of nitrogens with two attached hydrogens (primary N) is 1. The summed E-state index contributed by atoms with van der Waals surface area (Å²) in [5.74, 6) is 0. The van der Waals surface area contributed by atoms with E-state index in [0.29, 0.717) is 17.1 Å². The molecule has 0 saturated carbocycles. The first-order valence-corrected chi connectivity index (χ1v) is 5.74. The van der Waals surface area contributed by atoms with Crippen molar-refractivity contribution in [1.82, 2.24) is 0 Å². The Labute approximate surface area is 113 Å². The first kappa shape index (κ1) is 13.5. The summed E-state index contributed by atoms with van der Waals surface area (Å²) in [5.41, 5.74) is 6.38. The highest BCUT2D eigenvalue weighted by atomic mass is 35.5. The number of benzene rings is 2. The molecule has 0 atom stereocenters. The highest BCUT2D eigenvalue weighted by molar-refractivity contribution is 6.33. The molecular weight excluding hydrogens is 277 g/mol. The molecule has 0 heterocycles. The normalized spacial score (nSPS) is 11.4. The number of rotatable bonds is 2. The maximum absolute atomic E-state index is 12.5. The molecule has 0 amide bonds. The zero-order chi connectivity index (χ0) is 14.0. The van der Waals surface area contributed by atoms with Crippen LogP contribution in [0.2, 0.25) is 5.02 Å². The Morgan fingerprint density at radius 2 is 1.68 bits per heavy atom. The minimum atomic E-state index is -4.41. The molecule has 0 aromatic heterocycles. The van der Waals surface area contributed by atoms with Crippen LogP contribution >= 0.6 is 11.6 Å². The van der Waals surface area contributed by atoms with Gasteiger partial charge < -0.3 is 11.1 Å². The van der Waals surface area contributed by atoms with E-state index in [1.807, 2.05) is 0 Å². The molecule has 0 aliphatic carbocycles. The lowest BCUT2D eigenvalue weighted by Gasteiger charge is -2.13. The fourth-order valence-electron chi connectivity index (χ4n) is 1.55. The molecule has 0 aliphatic rings. The smallest absolute Gasteiger partial charge is 0.397 e. The second kappa shape index (κ2) is 5.01. The van der Waals surface area contributed by atoms with E-state index in [1.54, 1.807) is 24.3 Å². The van der Waals surface area contributed by atoms with Crippen LogP contribution in [0.3, 0.4) is 0 Å². The quantitative estimate of drug-likeness (QED) is 0.786. The highest BCUT2D eigenvalue weighted by Crippen LogP contribution is 2.35. The van der Waals surface area contributed by atoms with Gasteiger partial charge in [-0.05, 0) is 30.3 Å². The van der Waals surface area contributed by atoms with E-state index in [0.717, 1.165) is 12.1 Å². The van der Waals surface area contributed by atoms with Gasteiger partial charge in [0.2, 0.25) is 0 Å². The molecule has 2 aromatic rings. The van der Waals surface area contributed by atoms with Crippen LogP contribution in [0.25, 0.3) is 0 Å². The number of para-hydroxylation sites is 2. The van der Waals surface area contributed by atoms with Crippen molar-refractivity contribution in [3.63, 3.8) is 0 Å². The third kappa shape index (κ3) is 3.12. The van der Waals surface area contributed by atoms with Gasteiger partial charge in [-0.3, -0.25) is 0 Å². The van der Waals surface area contributed by atoms with Gasteiger partial charge in [-0.25, -0.2) is 0 Å². The van der Waals surface area contributed by atoms with Gasteiger partial charge in [0, 0.05) is 0 Å². The summed E-state index contributed by atoms with van der Waals surface area (Å²) >= 11 is 5.83. The van der Waals surface area contributed by atoms with Gasteiger partial charge in [0.1, 0.15) is 0 Å². The summed E-state index contributed by atoms with van der Waals surface area (Å²) in [4.78, 5) is 0. The lowest BCUT2D eigenvalue weighted by Crippen LogP contribution is -2.05. The van der Waals surface area contributed by atoms with Crippen LogP contribution in [0.1, 0.15) is 5.56 Å². The fraction of sp³-hybridized carbons (Fsp3) is 0.0769. The van der Waals surface area contributed by atoms with Crippen molar-refractivity contribution < 1.29 is 13.2 Å². The predicted octanol–water partition coefficient (Wildman–Crippen LogP) is 4.68. The molecule has 19 heavy (non-hydrogen) atoms. The number of hydrogen-bond donors (Lipinski definition) is 2. The largest absolute Gasteiger partial charge is 0.416 e. The third-order valence-electron chi connectivity index (χ3n) is 2.53. The topological polar surface area (TPSA) is 38.0 Å². The summed E-state index contributed by atoms with van der Waals surface area (Å²) in [6.07, 6.45) is -4.41. The van der Waals surface area contributed by atoms with Crippen molar-refractivity contribution in [1.29, 1.82) is 0 Å². The van der Waals surface area contributed by atoms with Crippen LogP contribution in [0.15, 0.2) is 42.5 Å². The monoisotopic (exact) mass is 286 g/mol. The number of hydrogen-bond acceptors (Lipinski definition) is 2. The Morgan fingerprint density at radius 1 is 1.00 bits per heavy atom. The van der Waals surface area contributed by atoms with Crippen LogP contribution in [0.4, 0.5) is 30.2 Å². The van der Waals surface area contributed by atoms with Crippen LogP contribution in [0.5, 0.6) is 0 Å². The molecule has 6 heteroatoms. The minimum Gasteiger partial charge on any atom is -0.397 e. The Bertz CT molecular complexity index is 597. The van der Waals surface area contributed by atoms with E-state index in [4.69, 9.17) is 17.3 Å². The van der Waals surface area contributed by atoms with Crippen molar-refractivity contribution in [3.8, 4) is 0 Å². The minimum absolute atomic E-state index is 0.0157. The van der Waals surface area contributed by atoms with Crippen LogP contribution < -0.4 is 11.1 Å². The second-order valence-electron chi connectivity index (χ2n) is 3.90. The van der Waals surface area contributed by atoms with Crippen molar-refractivity contribution in [2.24, 2.45) is 0 Å². The summed E-state index contributed by atoms with van der Waals surface area (Å²) < 4.78 is 37.5. The van der Waals surface area contributed by atoms with E-state index in [9.17, 15) is 13.2 Å². The lowest BCUT2D eigenvalue weighted by molar-refractivity contribution is -0.137. The van der Waals surface area contributed by atoms with E-state index in [1.165, 1.54) is 6.07 Å². The fourth-order valence-corrected chi connectivity index (χ4v) is 1.78. The molecule has 0 radical (unpaired) electrons. The van der Waals surface area contributed by atoms with Crippen LogP contribution in [-0.2, 0) is 6.18 Å². The Morgan fingerprint density at radius 3 is 2.26 bits per heavy atom.